The van der Waals surface area contributed by atoms with E-state index in [2.05, 4.69) is 20.6 Å². The van der Waals surface area contributed by atoms with Gasteiger partial charge in [-0.25, -0.2) is 4.39 Å². The fraction of sp³-hybridized carbons (Fsp3) is 0.300. The highest BCUT2D eigenvalue weighted by Gasteiger charge is 2.17. The van der Waals surface area contributed by atoms with Crippen LogP contribution >= 0.6 is 0 Å². The first-order valence-electron chi connectivity index (χ1n) is 4.85. The normalized spacial score (nSPS) is 12.7. The molecular weight excluding hydrogens is 209 g/mol. The molecule has 0 amide bonds. The molecule has 1 unspecified atom stereocenters. The molecule has 5 nitrogen and oxygen atoms in total. The monoisotopic (exact) mass is 221 g/mol. The van der Waals surface area contributed by atoms with Crippen molar-refractivity contribution in [3.05, 3.63) is 41.7 Å². The van der Waals surface area contributed by atoms with Crippen molar-refractivity contribution in [2.75, 3.05) is 7.05 Å². The minimum Gasteiger partial charge on any atom is -0.307 e. The lowest BCUT2D eigenvalue weighted by Crippen LogP contribution is -2.21. The van der Waals surface area contributed by atoms with E-state index >= 15 is 0 Å². The maximum absolute atomic E-state index is 12.8. The average Bonchev–Trinajstić information content (AvgIpc) is 2.69. The second-order valence-electron chi connectivity index (χ2n) is 3.41. The Morgan fingerprint density at radius 1 is 1.38 bits per heavy atom. The smallest absolute Gasteiger partial charge is 0.141 e. The Kier molecular flexibility index (Phi) is 2.91. The highest BCUT2D eigenvalue weighted by Crippen LogP contribution is 2.18. The molecule has 0 aliphatic rings. The van der Waals surface area contributed by atoms with Crippen LogP contribution < -0.4 is 5.32 Å². The van der Waals surface area contributed by atoms with E-state index in [1.54, 1.807) is 24.0 Å². The minimum absolute atomic E-state index is 0.138. The van der Waals surface area contributed by atoms with Crippen molar-refractivity contribution in [1.29, 1.82) is 0 Å². The Bertz CT molecular complexity index is 464. The minimum atomic E-state index is -0.346. The molecule has 0 aliphatic heterocycles. The van der Waals surface area contributed by atoms with Gasteiger partial charge in [0.2, 0.25) is 0 Å². The first kappa shape index (κ1) is 10.7. The molecule has 2 rings (SSSR count). The number of hydrogen-bond acceptors (Lipinski definition) is 4. The SMILES string of the molecule is CNC(c1ccc(F)cn1)c1cnnn1C. The predicted molar refractivity (Wildman–Crippen MR) is 56.1 cm³/mol. The highest BCUT2D eigenvalue weighted by atomic mass is 19.1. The Morgan fingerprint density at radius 2 is 2.19 bits per heavy atom. The quantitative estimate of drug-likeness (QED) is 0.827. The Labute approximate surface area is 92.3 Å². The number of pyridine rings is 1. The van der Waals surface area contributed by atoms with Crippen molar-refractivity contribution in [2.45, 2.75) is 6.04 Å². The van der Waals surface area contributed by atoms with Crippen LogP contribution in [0.2, 0.25) is 0 Å². The summed E-state index contributed by atoms with van der Waals surface area (Å²) in [6.45, 7) is 0. The van der Waals surface area contributed by atoms with Crippen LogP contribution in [0.5, 0.6) is 0 Å². The van der Waals surface area contributed by atoms with Gasteiger partial charge in [0.15, 0.2) is 0 Å². The van der Waals surface area contributed by atoms with Crippen LogP contribution in [0.3, 0.4) is 0 Å². The lowest BCUT2D eigenvalue weighted by atomic mass is 10.1. The first-order chi connectivity index (χ1) is 7.72. The summed E-state index contributed by atoms with van der Waals surface area (Å²) in [5.41, 5.74) is 1.61. The molecule has 0 fully saturated rings. The van der Waals surface area contributed by atoms with E-state index in [4.69, 9.17) is 0 Å². The fourth-order valence-electron chi connectivity index (χ4n) is 1.56. The summed E-state index contributed by atoms with van der Waals surface area (Å²) in [6, 6.07) is 2.89. The number of nitrogens with one attached hydrogen (secondary N) is 1. The summed E-state index contributed by atoms with van der Waals surface area (Å²) in [5.74, 6) is -0.346. The predicted octanol–water partition coefficient (Wildman–Crippen LogP) is 0.658. The Hall–Kier alpha value is -1.82. The summed E-state index contributed by atoms with van der Waals surface area (Å²) in [5, 5.41) is 10.8. The van der Waals surface area contributed by atoms with E-state index in [0.717, 1.165) is 11.4 Å². The molecule has 2 heterocycles. The zero-order chi connectivity index (χ0) is 11.5. The van der Waals surface area contributed by atoms with Crippen LogP contribution in [0.15, 0.2) is 24.5 Å². The van der Waals surface area contributed by atoms with Crippen LogP contribution in [-0.2, 0) is 7.05 Å². The van der Waals surface area contributed by atoms with Crippen LogP contribution in [0, 0.1) is 5.82 Å². The van der Waals surface area contributed by atoms with Crippen LogP contribution in [0.25, 0.3) is 0 Å². The van der Waals surface area contributed by atoms with Gasteiger partial charge < -0.3 is 5.32 Å². The number of nitrogens with zero attached hydrogens (tertiary/aromatic N) is 4. The summed E-state index contributed by atoms with van der Waals surface area (Å²) in [4.78, 5) is 4.04. The van der Waals surface area contributed by atoms with E-state index in [1.165, 1.54) is 12.3 Å². The number of aryl methyl sites for hydroxylation is 1. The molecular formula is C10H12FN5. The lowest BCUT2D eigenvalue weighted by molar-refractivity contribution is 0.578. The third-order valence-corrected chi connectivity index (χ3v) is 2.38. The lowest BCUT2D eigenvalue weighted by Gasteiger charge is -2.14. The third-order valence-electron chi connectivity index (χ3n) is 2.38. The van der Waals surface area contributed by atoms with Gasteiger partial charge in [-0.1, -0.05) is 5.21 Å². The largest absolute Gasteiger partial charge is 0.307 e. The van der Waals surface area contributed by atoms with E-state index in [0.29, 0.717) is 0 Å². The van der Waals surface area contributed by atoms with E-state index in [1.807, 2.05) is 7.05 Å². The zero-order valence-corrected chi connectivity index (χ0v) is 9.05. The second kappa shape index (κ2) is 4.36. The molecule has 0 aromatic carbocycles. The molecule has 0 saturated carbocycles. The highest BCUT2D eigenvalue weighted by molar-refractivity contribution is 5.19. The molecule has 0 aliphatic carbocycles. The second-order valence-corrected chi connectivity index (χ2v) is 3.41. The first-order valence-corrected chi connectivity index (χ1v) is 4.85. The molecule has 0 saturated heterocycles. The van der Waals surface area contributed by atoms with Crippen molar-refractivity contribution in [2.24, 2.45) is 7.05 Å². The van der Waals surface area contributed by atoms with E-state index in [-0.39, 0.29) is 11.9 Å². The van der Waals surface area contributed by atoms with Crippen LogP contribution in [-0.4, -0.2) is 27.0 Å². The summed E-state index contributed by atoms with van der Waals surface area (Å²) in [6.07, 6.45) is 2.86. The fourth-order valence-corrected chi connectivity index (χ4v) is 1.56. The number of rotatable bonds is 3. The molecule has 0 spiro atoms. The Balaban J connectivity index is 2.37. The standard InChI is InChI=1S/C10H12FN5/c1-12-10(9-6-14-15-16(9)2)8-4-3-7(11)5-13-8/h3-6,10,12H,1-2H3. The van der Waals surface area contributed by atoms with Crippen molar-refractivity contribution < 1.29 is 4.39 Å². The number of aromatic nitrogens is 4. The van der Waals surface area contributed by atoms with Crippen molar-refractivity contribution in [1.82, 2.24) is 25.3 Å². The van der Waals surface area contributed by atoms with Gasteiger partial charge in [-0.3, -0.25) is 9.67 Å². The van der Waals surface area contributed by atoms with Gasteiger partial charge >= 0.3 is 0 Å². The molecule has 16 heavy (non-hydrogen) atoms. The Morgan fingerprint density at radius 3 is 2.69 bits per heavy atom. The number of halogens is 1. The summed E-state index contributed by atoms with van der Waals surface area (Å²) >= 11 is 0. The molecule has 1 N–H and O–H groups in total. The molecule has 2 aromatic rings. The van der Waals surface area contributed by atoms with Crippen molar-refractivity contribution in [3.8, 4) is 0 Å². The maximum atomic E-state index is 12.8. The third kappa shape index (κ3) is 1.92. The van der Waals surface area contributed by atoms with Gasteiger partial charge in [-0.05, 0) is 19.2 Å². The molecule has 2 aromatic heterocycles. The van der Waals surface area contributed by atoms with E-state index in [9.17, 15) is 4.39 Å². The van der Waals surface area contributed by atoms with Gasteiger partial charge in [0.05, 0.1) is 29.8 Å². The van der Waals surface area contributed by atoms with Crippen LogP contribution in [0.4, 0.5) is 4.39 Å². The average molecular weight is 221 g/mol. The van der Waals surface area contributed by atoms with Crippen molar-refractivity contribution >= 4 is 0 Å². The van der Waals surface area contributed by atoms with Gasteiger partial charge in [0.1, 0.15) is 5.82 Å². The van der Waals surface area contributed by atoms with E-state index < -0.39 is 0 Å². The zero-order valence-electron chi connectivity index (χ0n) is 9.05. The summed E-state index contributed by atoms with van der Waals surface area (Å²) in [7, 11) is 3.61. The van der Waals surface area contributed by atoms with Gasteiger partial charge in [-0.2, -0.15) is 0 Å². The van der Waals surface area contributed by atoms with Gasteiger partial charge in [-0.15, -0.1) is 5.10 Å². The maximum Gasteiger partial charge on any atom is 0.141 e. The molecule has 0 radical (unpaired) electrons. The van der Waals surface area contributed by atoms with Gasteiger partial charge in [0.25, 0.3) is 0 Å². The molecule has 6 heteroatoms. The molecule has 84 valence electrons. The van der Waals surface area contributed by atoms with Crippen LogP contribution in [0.1, 0.15) is 17.4 Å². The summed E-state index contributed by atoms with van der Waals surface area (Å²) < 4.78 is 14.4. The molecule has 1 atom stereocenters. The number of hydrogen-bond donors (Lipinski definition) is 1. The topological polar surface area (TPSA) is 55.6 Å². The molecule has 0 bridgehead atoms. The van der Waals surface area contributed by atoms with Crippen molar-refractivity contribution in [3.63, 3.8) is 0 Å². The van der Waals surface area contributed by atoms with Gasteiger partial charge in [0, 0.05) is 7.05 Å².